The zero-order valence-electron chi connectivity index (χ0n) is 8.54. The van der Waals surface area contributed by atoms with Crippen molar-refractivity contribution in [1.82, 2.24) is 0 Å². The largest absolute Gasteiger partial charge is 0.508 e. The number of carboxylic acids is 1. The van der Waals surface area contributed by atoms with Crippen LogP contribution in [0.5, 0.6) is 17.2 Å². The minimum atomic E-state index is -1.20. The van der Waals surface area contributed by atoms with Gasteiger partial charge in [-0.1, -0.05) is 0 Å². The van der Waals surface area contributed by atoms with Crippen LogP contribution in [0.2, 0.25) is 0 Å². The molecule has 1 atom stereocenters. The molecule has 0 amide bonds. The highest BCUT2D eigenvalue weighted by atomic mass is 16.5. The van der Waals surface area contributed by atoms with Gasteiger partial charge in [0.1, 0.15) is 17.2 Å². The van der Waals surface area contributed by atoms with Crippen molar-refractivity contribution >= 4 is 5.97 Å². The number of benzene rings is 1. The molecule has 0 spiro atoms. The Bertz CT molecular complexity index is 377. The molecule has 1 unspecified atom stereocenters. The van der Waals surface area contributed by atoms with Crippen LogP contribution in [0.25, 0.3) is 0 Å². The average molecular weight is 228 g/mol. The fraction of sp³-hybridized carbons (Fsp3) is 0.300. The summed E-state index contributed by atoms with van der Waals surface area (Å²) in [5, 5.41) is 36.6. The summed E-state index contributed by atoms with van der Waals surface area (Å²) in [6.07, 6.45) is -1.36. The van der Waals surface area contributed by atoms with Gasteiger partial charge in [-0.25, -0.2) is 4.79 Å². The molecule has 1 aromatic rings. The van der Waals surface area contributed by atoms with E-state index in [1.165, 1.54) is 7.11 Å². The topological polar surface area (TPSA) is 107 Å². The molecule has 0 saturated carbocycles. The van der Waals surface area contributed by atoms with Gasteiger partial charge in [-0.2, -0.15) is 0 Å². The Morgan fingerprint density at radius 3 is 2.19 bits per heavy atom. The van der Waals surface area contributed by atoms with Crippen LogP contribution in [-0.4, -0.2) is 39.6 Å². The molecule has 0 aliphatic rings. The number of hydrogen-bond acceptors (Lipinski definition) is 5. The zero-order chi connectivity index (χ0) is 12.3. The van der Waals surface area contributed by atoms with E-state index >= 15 is 0 Å². The summed E-state index contributed by atoms with van der Waals surface area (Å²) in [5.74, 6) is -2.25. The molecule has 88 valence electrons. The van der Waals surface area contributed by atoms with Gasteiger partial charge >= 0.3 is 5.97 Å². The van der Waals surface area contributed by atoms with Crippen LogP contribution in [0.3, 0.4) is 0 Å². The van der Waals surface area contributed by atoms with Crippen molar-refractivity contribution in [3.8, 4) is 17.2 Å². The highest BCUT2D eigenvalue weighted by Gasteiger charge is 2.21. The molecular weight excluding hydrogens is 216 g/mol. The smallest absolute Gasteiger partial charge is 0.333 e. The van der Waals surface area contributed by atoms with Gasteiger partial charge in [-0.05, 0) is 0 Å². The molecule has 4 N–H and O–H groups in total. The molecule has 0 aromatic heterocycles. The minimum absolute atomic E-state index is 0.0204. The second-order valence-corrected chi connectivity index (χ2v) is 3.23. The van der Waals surface area contributed by atoms with Crippen molar-refractivity contribution in [2.75, 3.05) is 7.11 Å². The van der Waals surface area contributed by atoms with Crippen LogP contribution in [0, 0.1) is 0 Å². The standard InChI is InChI=1S/C10H12O6/c1-16-9(10(14)15)4-6-7(12)2-5(11)3-8(6)13/h2-3,9,11-13H,4H2,1H3,(H,14,15). The summed E-state index contributed by atoms with van der Waals surface area (Å²) in [7, 11) is 1.22. The predicted octanol–water partition coefficient (Wildman–Crippen LogP) is 0.445. The Morgan fingerprint density at radius 1 is 1.31 bits per heavy atom. The molecule has 0 aliphatic carbocycles. The lowest BCUT2D eigenvalue weighted by molar-refractivity contribution is -0.148. The van der Waals surface area contributed by atoms with E-state index in [1.807, 2.05) is 0 Å². The van der Waals surface area contributed by atoms with Crippen molar-refractivity contribution in [3.05, 3.63) is 17.7 Å². The molecule has 6 nitrogen and oxygen atoms in total. The van der Waals surface area contributed by atoms with Crippen molar-refractivity contribution < 1.29 is 30.0 Å². The second-order valence-electron chi connectivity index (χ2n) is 3.23. The van der Waals surface area contributed by atoms with Crippen molar-refractivity contribution in [1.29, 1.82) is 0 Å². The molecule has 0 heterocycles. The zero-order valence-corrected chi connectivity index (χ0v) is 8.54. The van der Waals surface area contributed by atoms with Gasteiger partial charge in [0.25, 0.3) is 0 Å². The summed E-state index contributed by atoms with van der Waals surface area (Å²) in [5.41, 5.74) is 0.0204. The van der Waals surface area contributed by atoms with Crippen LogP contribution >= 0.6 is 0 Å². The van der Waals surface area contributed by atoms with E-state index in [2.05, 4.69) is 4.74 Å². The Morgan fingerprint density at radius 2 is 1.81 bits per heavy atom. The molecular formula is C10H12O6. The predicted molar refractivity (Wildman–Crippen MR) is 53.6 cm³/mol. The summed E-state index contributed by atoms with van der Waals surface area (Å²) >= 11 is 0. The second kappa shape index (κ2) is 4.71. The Kier molecular flexibility index (Phi) is 3.57. The lowest BCUT2D eigenvalue weighted by Gasteiger charge is -2.13. The molecule has 0 radical (unpaired) electrons. The summed E-state index contributed by atoms with van der Waals surface area (Å²) < 4.78 is 4.67. The number of carboxylic acid groups (broad SMARTS) is 1. The first kappa shape index (κ1) is 12.1. The molecule has 1 aromatic carbocycles. The first-order valence-corrected chi connectivity index (χ1v) is 4.45. The number of rotatable bonds is 4. The van der Waals surface area contributed by atoms with Crippen molar-refractivity contribution in [2.45, 2.75) is 12.5 Å². The van der Waals surface area contributed by atoms with Gasteiger partial charge < -0.3 is 25.2 Å². The van der Waals surface area contributed by atoms with E-state index in [9.17, 15) is 15.0 Å². The molecule has 0 bridgehead atoms. The van der Waals surface area contributed by atoms with E-state index in [0.717, 1.165) is 12.1 Å². The van der Waals surface area contributed by atoms with Crippen LogP contribution in [0.15, 0.2) is 12.1 Å². The van der Waals surface area contributed by atoms with Crippen molar-refractivity contribution in [3.63, 3.8) is 0 Å². The van der Waals surface area contributed by atoms with Gasteiger partial charge in [0, 0.05) is 31.2 Å². The van der Waals surface area contributed by atoms with Crippen molar-refractivity contribution in [2.24, 2.45) is 0 Å². The maximum Gasteiger partial charge on any atom is 0.333 e. The number of ether oxygens (including phenoxy) is 1. The fourth-order valence-corrected chi connectivity index (χ4v) is 1.29. The highest BCUT2D eigenvalue weighted by Crippen LogP contribution is 2.33. The number of aliphatic carboxylic acids is 1. The molecule has 0 aliphatic heterocycles. The van der Waals surface area contributed by atoms with E-state index in [4.69, 9.17) is 10.2 Å². The van der Waals surface area contributed by atoms with Gasteiger partial charge in [-0.15, -0.1) is 0 Å². The van der Waals surface area contributed by atoms with E-state index in [-0.39, 0.29) is 29.2 Å². The molecule has 16 heavy (non-hydrogen) atoms. The number of aromatic hydroxyl groups is 3. The third-order valence-electron chi connectivity index (χ3n) is 2.14. The quantitative estimate of drug-likeness (QED) is 0.595. The molecule has 1 rings (SSSR count). The monoisotopic (exact) mass is 228 g/mol. The first-order valence-electron chi connectivity index (χ1n) is 4.45. The molecule has 0 fully saturated rings. The third kappa shape index (κ3) is 2.54. The normalized spacial score (nSPS) is 12.3. The van der Waals surface area contributed by atoms with E-state index < -0.39 is 12.1 Å². The van der Waals surface area contributed by atoms with E-state index in [0.29, 0.717) is 0 Å². The third-order valence-corrected chi connectivity index (χ3v) is 2.14. The SMILES string of the molecule is COC(Cc1c(O)cc(O)cc1O)C(=O)O. The number of hydrogen-bond donors (Lipinski definition) is 4. The highest BCUT2D eigenvalue weighted by molar-refractivity contribution is 5.73. The van der Waals surface area contributed by atoms with Gasteiger partial charge in [0.15, 0.2) is 6.10 Å². The van der Waals surface area contributed by atoms with Crippen LogP contribution < -0.4 is 0 Å². The lowest BCUT2D eigenvalue weighted by atomic mass is 10.1. The Balaban J connectivity index is 3.01. The van der Waals surface area contributed by atoms with Crippen LogP contribution in [0.4, 0.5) is 0 Å². The van der Waals surface area contributed by atoms with E-state index in [1.54, 1.807) is 0 Å². The van der Waals surface area contributed by atoms with Crippen LogP contribution in [0.1, 0.15) is 5.56 Å². The maximum atomic E-state index is 10.7. The first-order chi connectivity index (χ1) is 7.45. The average Bonchev–Trinajstić information content (AvgIpc) is 2.15. The lowest BCUT2D eigenvalue weighted by Crippen LogP contribution is -2.24. The molecule has 6 heteroatoms. The summed E-state index contributed by atoms with van der Waals surface area (Å²) in [4.78, 5) is 10.7. The fourth-order valence-electron chi connectivity index (χ4n) is 1.29. The number of carbonyl (C=O) groups is 1. The van der Waals surface area contributed by atoms with Gasteiger partial charge in [0.05, 0.1) is 0 Å². The maximum absolute atomic E-state index is 10.7. The number of methoxy groups -OCH3 is 1. The Hall–Kier alpha value is -1.95. The van der Waals surface area contributed by atoms with Gasteiger partial charge in [-0.3, -0.25) is 0 Å². The minimum Gasteiger partial charge on any atom is -0.508 e. The van der Waals surface area contributed by atoms with Gasteiger partial charge in [0.2, 0.25) is 0 Å². The molecule has 0 saturated heterocycles. The Labute approximate surface area is 91.3 Å². The number of phenols is 3. The number of phenolic OH excluding ortho intramolecular Hbond substituents is 3. The van der Waals surface area contributed by atoms with Crippen LogP contribution in [-0.2, 0) is 16.0 Å². The summed E-state index contributed by atoms with van der Waals surface area (Å²) in [6, 6.07) is 2.03. The summed E-state index contributed by atoms with van der Waals surface area (Å²) in [6.45, 7) is 0.